The fourth-order valence-electron chi connectivity index (χ4n) is 1.03. The molecular weight excluding hydrogens is 324 g/mol. The largest absolute Gasteiger partial charge is 0.396 e. The van der Waals surface area contributed by atoms with Crippen LogP contribution in [0.1, 0.15) is 5.56 Å². The van der Waals surface area contributed by atoms with Crippen LogP contribution in [0.3, 0.4) is 0 Å². The quantitative estimate of drug-likeness (QED) is 0.332. The van der Waals surface area contributed by atoms with Crippen molar-refractivity contribution in [1.29, 1.82) is 0 Å². The first-order chi connectivity index (χ1) is 7.06. The topological polar surface area (TPSA) is 81.3 Å². The van der Waals surface area contributed by atoms with E-state index >= 15 is 0 Å². The Morgan fingerprint density at radius 1 is 1.33 bits per heavy atom. The van der Waals surface area contributed by atoms with Gasteiger partial charge in [-0.3, -0.25) is 0 Å². The maximum atomic E-state index is 5.82. The van der Waals surface area contributed by atoms with Crippen molar-refractivity contribution in [3.8, 4) is 0 Å². The van der Waals surface area contributed by atoms with Crippen LogP contribution in [-0.2, 0) is 5.33 Å². The van der Waals surface area contributed by atoms with Gasteiger partial charge in [0.1, 0.15) is 0 Å². The zero-order valence-electron chi connectivity index (χ0n) is 8.80. The summed E-state index contributed by atoms with van der Waals surface area (Å²) in [6.45, 7) is 0. The lowest BCUT2D eigenvalue weighted by Crippen LogP contribution is -2.26. The molecule has 0 aliphatic rings. The van der Waals surface area contributed by atoms with Crippen LogP contribution in [0.5, 0.6) is 0 Å². The van der Waals surface area contributed by atoms with Gasteiger partial charge in [0, 0.05) is 16.9 Å². The molecule has 0 heterocycles. The zero-order valence-corrected chi connectivity index (χ0v) is 12.0. The maximum absolute atomic E-state index is 5.82. The average Bonchev–Trinajstić information content (AvgIpc) is 2.24. The van der Waals surface area contributed by atoms with Crippen LogP contribution in [0.25, 0.3) is 0 Å². The van der Waals surface area contributed by atoms with E-state index in [1.807, 2.05) is 12.1 Å². The highest BCUT2D eigenvalue weighted by Crippen LogP contribution is 2.31. The number of hydrazine groups is 1. The Balaban J connectivity index is 0.000000921. The number of halogens is 2. The Labute approximate surface area is 107 Å². The summed E-state index contributed by atoms with van der Waals surface area (Å²) >= 11 is 6.76. The number of anilines is 2. The predicted molar refractivity (Wildman–Crippen MR) is 73.9 cm³/mol. The van der Waals surface area contributed by atoms with Crippen molar-refractivity contribution in [2.24, 2.45) is 11.6 Å². The number of nitrogen functional groups attached to an aromatic ring is 1. The molecule has 0 fully saturated rings. The van der Waals surface area contributed by atoms with E-state index in [0.717, 1.165) is 21.1 Å². The van der Waals surface area contributed by atoms with Gasteiger partial charge in [0.2, 0.25) is 0 Å². The molecule has 4 nitrogen and oxygen atoms in total. The Morgan fingerprint density at radius 3 is 2.27 bits per heavy atom. The highest BCUT2D eigenvalue weighted by atomic mass is 79.9. The van der Waals surface area contributed by atoms with Gasteiger partial charge in [0.25, 0.3) is 0 Å². The summed E-state index contributed by atoms with van der Waals surface area (Å²) in [5, 5.41) is 2.29. The molecule has 15 heavy (non-hydrogen) atoms. The summed E-state index contributed by atoms with van der Waals surface area (Å²) in [5.41, 5.74) is 12.9. The highest BCUT2D eigenvalue weighted by molar-refractivity contribution is 9.10. The van der Waals surface area contributed by atoms with Crippen LogP contribution in [-0.4, -0.2) is 14.1 Å². The number of alkyl halides is 1. The molecule has 0 radical (unpaired) electrons. The number of nitrogens with zero attached hydrogens (tertiary/aromatic N) is 1. The van der Waals surface area contributed by atoms with Gasteiger partial charge in [-0.25, -0.2) is 5.84 Å². The maximum Gasteiger partial charge on any atom is 0.0758 e. The Kier molecular flexibility index (Phi) is 6.91. The average molecular weight is 340 g/mol. The Morgan fingerprint density at radius 2 is 1.87 bits per heavy atom. The molecule has 0 amide bonds. The van der Waals surface area contributed by atoms with Gasteiger partial charge < -0.3 is 16.5 Å². The minimum Gasteiger partial charge on any atom is -0.396 e. The van der Waals surface area contributed by atoms with Gasteiger partial charge in [-0.15, -0.1) is 0 Å². The molecule has 0 aliphatic heterocycles. The van der Waals surface area contributed by atoms with Crippen molar-refractivity contribution in [2.45, 2.75) is 5.33 Å². The number of hydrogen-bond acceptors (Lipinski definition) is 4. The summed E-state index contributed by atoms with van der Waals surface area (Å²) in [4.78, 5) is 0. The van der Waals surface area contributed by atoms with E-state index in [-0.39, 0.29) is 0 Å². The van der Waals surface area contributed by atoms with Crippen molar-refractivity contribution < 1.29 is 0 Å². The van der Waals surface area contributed by atoms with Crippen molar-refractivity contribution >= 4 is 43.2 Å². The second kappa shape index (κ2) is 7.05. The fourth-order valence-corrected chi connectivity index (χ4v) is 1.85. The molecule has 0 atom stereocenters. The zero-order chi connectivity index (χ0) is 12.0. The van der Waals surface area contributed by atoms with Crippen LogP contribution >= 0.6 is 31.9 Å². The van der Waals surface area contributed by atoms with E-state index in [1.165, 1.54) is 12.1 Å². The highest BCUT2D eigenvalue weighted by Gasteiger charge is 2.07. The summed E-state index contributed by atoms with van der Waals surface area (Å²) in [7, 11) is 3.26. The molecule has 0 bridgehead atoms. The Hall–Kier alpha value is -0.300. The van der Waals surface area contributed by atoms with Crippen LogP contribution < -0.4 is 22.3 Å². The van der Waals surface area contributed by atoms with Gasteiger partial charge in [0.15, 0.2) is 0 Å². The van der Waals surface area contributed by atoms with Gasteiger partial charge in [0.05, 0.1) is 11.4 Å². The second-order valence-corrected chi connectivity index (χ2v) is 4.17. The first kappa shape index (κ1) is 14.7. The van der Waals surface area contributed by atoms with Gasteiger partial charge >= 0.3 is 0 Å². The van der Waals surface area contributed by atoms with Crippen LogP contribution in [0, 0.1) is 0 Å². The van der Waals surface area contributed by atoms with Crippen LogP contribution in [0.4, 0.5) is 11.4 Å². The number of rotatable bonds is 2. The molecule has 6 heteroatoms. The molecule has 1 rings (SSSR count). The first-order valence-corrected chi connectivity index (χ1v) is 6.17. The third-order valence-electron chi connectivity index (χ3n) is 1.70. The van der Waals surface area contributed by atoms with Crippen molar-refractivity contribution in [1.82, 2.24) is 0 Å². The van der Waals surface area contributed by atoms with Crippen molar-refractivity contribution in [3.63, 3.8) is 0 Å². The Bertz CT molecular complexity index is 315. The molecule has 0 aromatic heterocycles. The van der Waals surface area contributed by atoms with E-state index in [1.54, 1.807) is 7.05 Å². The predicted octanol–water partition coefficient (Wildman–Crippen LogP) is 1.81. The normalized spacial score (nSPS) is 9.20. The minimum atomic E-state index is 0.662. The van der Waals surface area contributed by atoms with Crippen molar-refractivity contribution in [3.05, 3.63) is 22.2 Å². The lowest BCUT2D eigenvalue weighted by molar-refractivity contribution is 1.02. The van der Waals surface area contributed by atoms with Crippen LogP contribution in [0.15, 0.2) is 16.6 Å². The SMILES string of the molecule is CN.CN(N)c1cc(CBr)cc(Br)c1N. The number of benzene rings is 1. The molecule has 0 aliphatic carbocycles. The standard InChI is InChI=1S/C8H11Br2N3.CH5N/c1-13(12)7-3-5(4-9)2-6(10)8(7)11;1-2/h2-3H,4,11-12H2,1H3;2H2,1H3. The first-order valence-electron chi connectivity index (χ1n) is 4.26. The molecular formula is C9H16Br2N4. The molecule has 86 valence electrons. The lowest BCUT2D eigenvalue weighted by Gasteiger charge is -2.16. The van der Waals surface area contributed by atoms with E-state index in [0.29, 0.717) is 5.69 Å². The van der Waals surface area contributed by atoms with E-state index in [9.17, 15) is 0 Å². The monoisotopic (exact) mass is 338 g/mol. The summed E-state index contributed by atoms with van der Waals surface area (Å²) < 4.78 is 0.872. The summed E-state index contributed by atoms with van der Waals surface area (Å²) in [6.07, 6.45) is 0. The second-order valence-electron chi connectivity index (χ2n) is 2.75. The van der Waals surface area contributed by atoms with Crippen LogP contribution in [0.2, 0.25) is 0 Å². The van der Waals surface area contributed by atoms with E-state index in [4.69, 9.17) is 11.6 Å². The molecule has 0 unspecified atom stereocenters. The number of nitrogens with two attached hydrogens (primary N) is 3. The summed E-state index contributed by atoms with van der Waals surface area (Å²) in [5.74, 6) is 5.62. The van der Waals surface area contributed by atoms with Gasteiger partial charge in [-0.05, 0) is 40.7 Å². The van der Waals surface area contributed by atoms with Gasteiger partial charge in [-0.2, -0.15) is 0 Å². The van der Waals surface area contributed by atoms with Crippen molar-refractivity contribution in [2.75, 3.05) is 24.8 Å². The molecule has 1 aromatic carbocycles. The number of hydrogen-bond donors (Lipinski definition) is 3. The lowest BCUT2D eigenvalue weighted by atomic mass is 10.2. The molecule has 0 saturated heterocycles. The molecule has 6 N–H and O–H groups in total. The summed E-state index contributed by atoms with van der Waals surface area (Å²) in [6, 6.07) is 3.92. The third-order valence-corrected chi connectivity index (χ3v) is 3.01. The van der Waals surface area contributed by atoms with E-state index < -0.39 is 0 Å². The smallest absolute Gasteiger partial charge is 0.0758 e. The molecule has 0 spiro atoms. The fraction of sp³-hybridized carbons (Fsp3) is 0.333. The third kappa shape index (κ3) is 3.98. The molecule has 0 saturated carbocycles. The minimum absolute atomic E-state index is 0.662. The van der Waals surface area contributed by atoms with Gasteiger partial charge in [-0.1, -0.05) is 15.9 Å². The molecule has 1 aromatic rings. The van der Waals surface area contributed by atoms with E-state index in [2.05, 4.69) is 37.6 Å².